The van der Waals surface area contributed by atoms with Crippen molar-refractivity contribution in [1.29, 1.82) is 0 Å². The van der Waals surface area contributed by atoms with Crippen molar-refractivity contribution in [3.05, 3.63) is 68.8 Å². The van der Waals surface area contributed by atoms with Crippen molar-refractivity contribution in [2.75, 3.05) is 6.54 Å². The minimum atomic E-state index is -1.80. The quantitative estimate of drug-likeness (QED) is 0.378. The number of nitrogens with one attached hydrogen (secondary N) is 2. The van der Waals surface area contributed by atoms with E-state index in [2.05, 4.69) is 131 Å². The summed E-state index contributed by atoms with van der Waals surface area (Å²) in [6, 6.07) is 9.56. The fraction of sp³-hybridized carbons (Fsp3) is 0.576. The summed E-state index contributed by atoms with van der Waals surface area (Å²) in [4.78, 5) is 4.06. The maximum atomic E-state index is 4.06. The van der Waals surface area contributed by atoms with Crippen molar-refractivity contribution in [2.24, 2.45) is 5.92 Å². The molecule has 0 saturated heterocycles. The monoisotopic (exact) mass is 504 g/mol. The van der Waals surface area contributed by atoms with E-state index in [1.165, 1.54) is 44.6 Å². The minimum Gasteiger partial charge on any atom is -0.332 e. The van der Waals surface area contributed by atoms with Gasteiger partial charge in [0.2, 0.25) is 0 Å². The molecule has 0 bridgehead atoms. The molecule has 36 heavy (non-hydrogen) atoms. The van der Waals surface area contributed by atoms with Crippen LogP contribution in [0.25, 0.3) is 11.1 Å². The SMILES string of the molecule is CC1=C(C)C(CNC(C)(C)C)C(c2ccc(C3=C(C)C(C)=C(C)C3[Si](C)(C)NC(C)(C)C)cc2)=C1C. The van der Waals surface area contributed by atoms with Crippen molar-refractivity contribution < 1.29 is 0 Å². The molecule has 1 aromatic carbocycles. The molecule has 0 amide bonds. The molecule has 3 rings (SSSR count). The van der Waals surface area contributed by atoms with Crippen LogP contribution >= 0.6 is 0 Å². The fourth-order valence-electron chi connectivity index (χ4n) is 6.62. The Morgan fingerprint density at radius 1 is 0.639 bits per heavy atom. The third-order valence-corrected chi connectivity index (χ3v) is 12.0. The lowest BCUT2D eigenvalue weighted by Gasteiger charge is -2.40. The van der Waals surface area contributed by atoms with Gasteiger partial charge in [-0.15, -0.1) is 0 Å². The van der Waals surface area contributed by atoms with E-state index in [4.69, 9.17) is 0 Å². The van der Waals surface area contributed by atoms with Gasteiger partial charge in [0, 0.05) is 29.1 Å². The van der Waals surface area contributed by atoms with E-state index in [-0.39, 0.29) is 11.1 Å². The van der Waals surface area contributed by atoms with E-state index in [0.717, 1.165) is 6.54 Å². The third kappa shape index (κ3) is 5.74. The van der Waals surface area contributed by atoms with E-state index in [9.17, 15) is 0 Å². The molecular weight excluding hydrogens is 452 g/mol. The molecule has 2 aliphatic carbocycles. The van der Waals surface area contributed by atoms with Gasteiger partial charge in [0.25, 0.3) is 0 Å². The van der Waals surface area contributed by atoms with Gasteiger partial charge in [0.1, 0.15) is 8.24 Å². The lowest BCUT2D eigenvalue weighted by atomic mass is 9.88. The molecule has 2 atom stereocenters. The third-order valence-electron chi connectivity index (χ3n) is 8.47. The molecule has 198 valence electrons. The van der Waals surface area contributed by atoms with Gasteiger partial charge in [-0.1, -0.05) is 48.5 Å². The van der Waals surface area contributed by atoms with Crippen molar-refractivity contribution in [2.45, 2.75) is 113 Å². The lowest BCUT2D eigenvalue weighted by Crippen LogP contribution is -2.57. The molecule has 3 heteroatoms. The molecule has 1 aromatic rings. The molecule has 2 unspecified atom stereocenters. The van der Waals surface area contributed by atoms with Crippen LogP contribution in [0.1, 0.15) is 94.2 Å². The molecule has 0 aromatic heterocycles. The second kappa shape index (κ2) is 9.89. The summed E-state index contributed by atoms with van der Waals surface area (Å²) in [7, 11) is -1.80. The van der Waals surface area contributed by atoms with Gasteiger partial charge in [0.05, 0.1) is 0 Å². The minimum absolute atomic E-state index is 0.112. The zero-order valence-corrected chi connectivity index (χ0v) is 26.7. The first kappa shape index (κ1) is 28.9. The lowest BCUT2D eigenvalue weighted by molar-refractivity contribution is 0.413. The first-order chi connectivity index (χ1) is 16.4. The van der Waals surface area contributed by atoms with Gasteiger partial charge >= 0.3 is 0 Å². The van der Waals surface area contributed by atoms with Crippen LogP contribution in [0.2, 0.25) is 18.6 Å². The summed E-state index contributed by atoms with van der Waals surface area (Å²) in [5.74, 6) is 0.434. The summed E-state index contributed by atoms with van der Waals surface area (Å²) < 4.78 is 0. The zero-order chi connectivity index (χ0) is 27.4. The molecule has 0 aliphatic heterocycles. The van der Waals surface area contributed by atoms with Crippen molar-refractivity contribution >= 4 is 19.4 Å². The van der Waals surface area contributed by atoms with Crippen LogP contribution in [0.3, 0.4) is 0 Å². The Kier molecular flexibility index (Phi) is 7.93. The van der Waals surface area contributed by atoms with Gasteiger partial charge in [-0.3, -0.25) is 0 Å². The largest absolute Gasteiger partial charge is 0.332 e. The van der Waals surface area contributed by atoms with Gasteiger partial charge in [-0.05, 0) is 128 Å². The summed E-state index contributed by atoms with van der Waals surface area (Å²) >= 11 is 0. The van der Waals surface area contributed by atoms with Gasteiger partial charge in [-0.2, -0.15) is 0 Å². The second-order valence-corrected chi connectivity index (χ2v) is 18.3. The first-order valence-electron chi connectivity index (χ1n) is 13.8. The van der Waals surface area contributed by atoms with E-state index in [1.807, 2.05) is 0 Å². The summed E-state index contributed by atoms with van der Waals surface area (Å²) in [6.45, 7) is 33.6. The highest BCUT2D eigenvalue weighted by Crippen LogP contribution is 2.51. The molecule has 2 nitrogen and oxygen atoms in total. The number of benzene rings is 1. The Bertz CT molecular complexity index is 1140. The average Bonchev–Trinajstić information content (AvgIpc) is 3.10. The Morgan fingerprint density at radius 3 is 1.56 bits per heavy atom. The van der Waals surface area contributed by atoms with Gasteiger partial charge < -0.3 is 10.3 Å². The molecule has 0 fully saturated rings. The summed E-state index contributed by atoms with van der Waals surface area (Å²) in [5, 5.41) is 3.76. The van der Waals surface area contributed by atoms with Crippen LogP contribution < -0.4 is 10.3 Å². The predicted molar refractivity (Wildman–Crippen MR) is 164 cm³/mol. The van der Waals surface area contributed by atoms with E-state index < -0.39 is 8.24 Å². The smallest absolute Gasteiger partial charge is 0.131 e. The molecule has 0 radical (unpaired) electrons. The molecule has 0 spiro atoms. The maximum absolute atomic E-state index is 4.06. The first-order valence-corrected chi connectivity index (χ1v) is 16.9. The standard InChI is InChI=1S/C33H52N2Si/c1-20-22(3)28(19-34-32(7,8)9)29(23(20)4)26-15-17-27(18-16-26)30-24(5)21(2)25(6)31(30)36(13,14)35-33(10,11)12/h15-18,28,31,34-35H,19H2,1-14H3. The zero-order valence-electron chi connectivity index (χ0n) is 25.7. The van der Waals surface area contributed by atoms with Crippen LogP contribution in [0, 0.1) is 5.92 Å². The normalized spacial score (nSPS) is 22.1. The van der Waals surface area contributed by atoms with Crippen molar-refractivity contribution in [3.63, 3.8) is 0 Å². The average molecular weight is 505 g/mol. The molecule has 0 heterocycles. The molecule has 2 aliphatic rings. The van der Waals surface area contributed by atoms with E-state index >= 15 is 0 Å². The summed E-state index contributed by atoms with van der Waals surface area (Å²) in [6.07, 6.45) is 0. The maximum Gasteiger partial charge on any atom is 0.131 e. The fourth-order valence-corrected chi connectivity index (χ4v) is 11.1. The van der Waals surface area contributed by atoms with Gasteiger partial charge in [0.15, 0.2) is 0 Å². The van der Waals surface area contributed by atoms with Crippen LogP contribution in [0.15, 0.2) is 57.7 Å². The number of hydrogen-bond donors (Lipinski definition) is 2. The molecular formula is C33H52N2Si. The second-order valence-electron chi connectivity index (χ2n) is 14.0. The molecule has 0 saturated carbocycles. The van der Waals surface area contributed by atoms with Crippen LogP contribution in [-0.2, 0) is 0 Å². The van der Waals surface area contributed by atoms with Crippen LogP contribution in [0.5, 0.6) is 0 Å². The number of allylic oxidation sites excluding steroid dienone is 6. The number of hydrogen-bond acceptors (Lipinski definition) is 2. The van der Waals surface area contributed by atoms with Gasteiger partial charge in [-0.25, -0.2) is 0 Å². The van der Waals surface area contributed by atoms with Crippen molar-refractivity contribution in [3.8, 4) is 0 Å². The number of rotatable bonds is 6. The van der Waals surface area contributed by atoms with Crippen molar-refractivity contribution in [1.82, 2.24) is 10.3 Å². The molecule has 2 N–H and O–H groups in total. The topological polar surface area (TPSA) is 24.1 Å². The Labute approximate surface area is 223 Å². The Hall–Kier alpha value is -1.68. The highest BCUT2D eigenvalue weighted by Gasteiger charge is 2.43. The van der Waals surface area contributed by atoms with Crippen LogP contribution in [-0.4, -0.2) is 25.9 Å². The van der Waals surface area contributed by atoms with E-state index in [1.54, 1.807) is 11.1 Å². The Balaban J connectivity index is 1.99. The van der Waals surface area contributed by atoms with Crippen LogP contribution in [0.4, 0.5) is 0 Å². The van der Waals surface area contributed by atoms with E-state index in [0.29, 0.717) is 11.5 Å². The highest BCUT2D eigenvalue weighted by atomic mass is 28.3. The summed E-state index contributed by atoms with van der Waals surface area (Å²) in [5.41, 5.74) is 15.4. The highest BCUT2D eigenvalue weighted by molar-refractivity contribution is 6.79. The predicted octanol–water partition coefficient (Wildman–Crippen LogP) is 8.90. The Morgan fingerprint density at radius 2 is 1.08 bits per heavy atom.